The van der Waals surface area contributed by atoms with E-state index in [4.69, 9.17) is 5.11 Å². The molecule has 1 fully saturated rings. The van der Waals surface area contributed by atoms with Gasteiger partial charge >= 0.3 is 18.2 Å². The Morgan fingerprint density at radius 2 is 2.00 bits per heavy atom. The zero-order valence-corrected chi connectivity index (χ0v) is 9.83. The number of carboxylic acid groups (broad SMARTS) is 1. The standard InChI is InChI=1S/C10H15F3N2O3/c1-2-7(8(16)17)14-9(18)15(6-3-4-6)5-10(11,12)13/h6-7H,2-5H2,1H3,(H,14,18)(H,16,17)/t7-/m1/s1. The number of alkyl halides is 3. The summed E-state index contributed by atoms with van der Waals surface area (Å²) in [4.78, 5) is 23.0. The van der Waals surface area contributed by atoms with Gasteiger partial charge in [-0.05, 0) is 19.3 Å². The smallest absolute Gasteiger partial charge is 0.406 e. The minimum absolute atomic E-state index is 0.117. The van der Waals surface area contributed by atoms with Crippen molar-refractivity contribution in [1.29, 1.82) is 0 Å². The molecule has 0 aliphatic heterocycles. The Morgan fingerprint density at radius 1 is 1.44 bits per heavy atom. The Balaban J connectivity index is 2.62. The number of nitrogens with one attached hydrogen (secondary N) is 1. The van der Waals surface area contributed by atoms with Crippen LogP contribution in [0, 0.1) is 0 Å². The molecule has 1 rings (SSSR count). The zero-order valence-electron chi connectivity index (χ0n) is 9.83. The van der Waals surface area contributed by atoms with Gasteiger partial charge in [0.25, 0.3) is 0 Å². The highest BCUT2D eigenvalue weighted by Gasteiger charge is 2.41. The van der Waals surface area contributed by atoms with Crippen LogP contribution in [0.15, 0.2) is 0 Å². The summed E-state index contributed by atoms with van der Waals surface area (Å²) in [5.74, 6) is -1.26. The number of carboxylic acids is 1. The molecule has 2 N–H and O–H groups in total. The summed E-state index contributed by atoms with van der Waals surface area (Å²) in [6.45, 7) is 0.184. The van der Waals surface area contributed by atoms with Crippen LogP contribution in [0.3, 0.4) is 0 Å². The molecule has 0 spiro atoms. The van der Waals surface area contributed by atoms with Gasteiger partial charge in [0.2, 0.25) is 0 Å². The quantitative estimate of drug-likeness (QED) is 0.795. The van der Waals surface area contributed by atoms with Crippen LogP contribution in [0.1, 0.15) is 26.2 Å². The van der Waals surface area contributed by atoms with Crippen LogP contribution < -0.4 is 5.32 Å². The van der Waals surface area contributed by atoms with Crippen LogP contribution >= 0.6 is 0 Å². The number of halogens is 3. The Bertz CT molecular complexity index is 329. The molecule has 5 nitrogen and oxygen atoms in total. The first-order valence-electron chi connectivity index (χ1n) is 5.61. The van der Waals surface area contributed by atoms with Crippen LogP contribution in [0.2, 0.25) is 0 Å². The first-order valence-corrected chi connectivity index (χ1v) is 5.61. The maximum absolute atomic E-state index is 12.3. The van der Waals surface area contributed by atoms with E-state index in [-0.39, 0.29) is 6.42 Å². The van der Waals surface area contributed by atoms with Crippen molar-refractivity contribution >= 4 is 12.0 Å². The molecule has 0 heterocycles. The molecule has 0 unspecified atom stereocenters. The van der Waals surface area contributed by atoms with E-state index in [1.165, 1.54) is 6.92 Å². The number of carbonyl (C=O) groups excluding carboxylic acids is 1. The second kappa shape index (κ2) is 5.45. The minimum Gasteiger partial charge on any atom is -0.480 e. The number of nitrogens with zero attached hydrogens (tertiary/aromatic N) is 1. The summed E-state index contributed by atoms with van der Waals surface area (Å²) in [6, 6.07) is -2.56. The van der Waals surface area contributed by atoms with Crippen molar-refractivity contribution < 1.29 is 27.9 Å². The normalized spacial score (nSPS) is 17.1. The van der Waals surface area contributed by atoms with Gasteiger partial charge in [-0.1, -0.05) is 6.92 Å². The monoisotopic (exact) mass is 268 g/mol. The van der Waals surface area contributed by atoms with Crippen LogP contribution in [0.25, 0.3) is 0 Å². The SMILES string of the molecule is CC[C@@H](NC(=O)N(CC(F)(F)F)C1CC1)C(=O)O. The maximum Gasteiger partial charge on any atom is 0.406 e. The average Bonchev–Trinajstić information content (AvgIpc) is 3.04. The van der Waals surface area contributed by atoms with Gasteiger partial charge in [-0.15, -0.1) is 0 Å². The Labute approximate surface area is 102 Å². The van der Waals surface area contributed by atoms with Gasteiger partial charge in [0.15, 0.2) is 0 Å². The highest BCUT2D eigenvalue weighted by atomic mass is 19.4. The summed E-state index contributed by atoms with van der Waals surface area (Å²) in [6.07, 6.45) is -3.32. The van der Waals surface area contributed by atoms with Gasteiger partial charge < -0.3 is 15.3 Å². The second-order valence-electron chi connectivity index (χ2n) is 4.22. The third-order valence-electron chi connectivity index (χ3n) is 2.60. The molecule has 0 aromatic heterocycles. The number of rotatable bonds is 5. The summed E-state index contributed by atoms with van der Waals surface area (Å²) in [5, 5.41) is 10.8. The van der Waals surface area contributed by atoms with E-state index in [1.807, 2.05) is 0 Å². The van der Waals surface area contributed by atoms with Gasteiger partial charge in [-0.2, -0.15) is 13.2 Å². The summed E-state index contributed by atoms with van der Waals surface area (Å²) in [7, 11) is 0. The van der Waals surface area contributed by atoms with E-state index >= 15 is 0 Å². The van der Waals surface area contributed by atoms with Gasteiger partial charge in [-0.25, -0.2) is 9.59 Å². The second-order valence-corrected chi connectivity index (χ2v) is 4.22. The number of hydrogen-bond donors (Lipinski definition) is 2. The number of aliphatic carboxylic acids is 1. The summed E-state index contributed by atoms with van der Waals surface area (Å²) < 4.78 is 36.9. The van der Waals surface area contributed by atoms with Crippen LogP contribution in [-0.2, 0) is 4.79 Å². The third-order valence-corrected chi connectivity index (χ3v) is 2.60. The molecule has 8 heteroatoms. The summed E-state index contributed by atoms with van der Waals surface area (Å²) >= 11 is 0. The minimum atomic E-state index is -4.48. The maximum atomic E-state index is 12.3. The van der Waals surface area contributed by atoms with E-state index in [2.05, 4.69) is 5.32 Å². The lowest BCUT2D eigenvalue weighted by Gasteiger charge is -2.25. The molecule has 18 heavy (non-hydrogen) atoms. The molecule has 1 aliphatic carbocycles. The first kappa shape index (κ1) is 14.6. The van der Waals surface area contributed by atoms with Crippen LogP contribution in [0.4, 0.5) is 18.0 Å². The van der Waals surface area contributed by atoms with Gasteiger partial charge in [0.1, 0.15) is 12.6 Å². The van der Waals surface area contributed by atoms with Crippen molar-refractivity contribution in [2.45, 2.75) is 44.4 Å². The molecule has 0 bridgehead atoms. The lowest BCUT2D eigenvalue weighted by atomic mass is 10.2. The highest BCUT2D eigenvalue weighted by Crippen LogP contribution is 2.30. The fraction of sp³-hybridized carbons (Fsp3) is 0.800. The number of urea groups is 1. The molecule has 0 radical (unpaired) electrons. The van der Waals surface area contributed by atoms with Crippen molar-refractivity contribution in [3.8, 4) is 0 Å². The Kier molecular flexibility index (Phi) is 4.42. The molecule has 1 aliphatic rings. The molecule has 0 saturated heterocycles. The van der Waals surface area contributed by atoms with Gasteiger partial charge in [0, 0.05) is 6.04 Å². The van der Waals surface area contributed by atoms with E-state index in [0.29, 0.717) is 17.7 Å². The Hall–Kier alpha value is -1.47. The van der Waals surface area contributed by atoms with E-state index < -0.39 is 36.8 Å². The van der Waals surface area contributed by atoms with Crippen molar-refractivity contribution in [2.24, 2.45) is 0 Å². The largest absolute Gasteiger partial charge is 0.480 e. The van der Waals surface area contributed by atoms with Crippen LogP contribution in [-0.4, -0.2) is 46.8 Å². The number of hydrogen-bond acceptors (Lipinski definition) is 2. The van der Waals surface area contributed by atoms with Crippen molar-refractivity contribution in [2.75, 3.05) is 6.54 Å². The van der Waals surface area contributed by atoms with E-state index in [0.717, 1.165) is 0 Å². The summed E-state index contributed by atoms with van der Waals surface area (Å²) in [5.41, 5.74) is 0. The van der Waals surface area contributed by atoms with Crippen molar-refractivity contribution in [1.82, 2.24) is 10.2 Å². The molecule has 104 valence electrons. The molecule has 0 aromatic rings. The van der Waals surface area contributed by atoms with Crippen molar-refractivity contribution in [3.05, 3.63) is 0 Å². The molecule has 0 aromatic carbocycles. The average molecular weight is 268 g/mol. The van der Waals surface area contributed by atoms with E-state index in [9.17, 15) is 22.8 Å². The molecule has 2 amide bonds. The highest BCUT2D eigenvalue weighted by molar-refractivity contribution is 5.82. The lowest BCUT2D eigenvalue weighted by Crippen LogP contribution is -2.51. The molecule has 1 saturated carbocycles. The molecular weight excluding hydrogens is 253 g/mol. The van der Waals surface area contributed by atoms with Gasteiger partial charge in [-0.3, -0.25) is 0 Å². The predicted octanol–water partition coefficient (Wildman–Crippen LogP) is 1.59. The topological polar surface area (TPSA) is 69.6 Å². The number of amides is 2. The molecule has 1 atom stereocenters. The molecular formula is C10H15F3N2O3. The lowest BCUT2D eigenvalue weighted by molar-refractivity contribution is -0.141. The fourth-order valence-corrected chi connectivity index (χ4v) is 1.52. The van der Waals surface area contributed by atoms with Crippen LogP contribution in [0.5, 0.6) is 0 Å². The first-order chi connectivity index (χ1) is 8.24. The Morgan fingerprint density at radius 3 is 2.33 bits per heavy atom. The number of carbonyl (C=O) groups is 2. The fourth-order valence-electron chi connectivity index (χ4n) is 1.52. The van der Waals surface area contributed by atoms with Crippen molar-refractivity contribution in [3.63, 3.8) is 0 Å². The van der Waals surface area contributed by atoms with Gasteiger partial charge in [0.05, 0.1) is 0 Å². The van der Waals surface area contributed by atoms with E-state index in [1.54, 1.807) is 0 Å². The zero-order chi connectivity index (χ0) is 13.9. The predicted molar refractivity (Wildman–Crippen MR) is 56.0 cm³/mol. The third kappa shape index (κ3) is 4.42.